The number of nitrogens with one attached hydrogen (secondary N) is 2. The summed E-state index contributed by atoms with van der Waals surface area (Å²) in [5.74, 6) is 0.750. The Labute approximate surface area is 84.2 Å². The van der Waals surface area contributed by atoms with Gasteiger partial charge in [-0.15, -0.1) is 0 Å². The van der Waals surface area contributed by atoms with Gasteiger partial charge in [0, 0.05) is 30.4 Å². The van der Waals surface area contributed by atoms with Gasteiger partial charge < -0.3 is 10.6 Å². The van der Waals surface area contributed by atoms with Gasteiger partial charge in [0.15, 0.2) is 0 Å². The predicted octanol–water partition coefficient (Wildman–Crippen LogP) is 1.21. The number of anilines is 1. The Hall–Kier alpha value is -1.16. The van der Waals surface area contributed by atoms with E-state index < -0.39 is 0 Å². The third-order valence-corrected chi connectivity index (χ3v) is 2.31. The highest BCUT2D eigenvalue weighted by Gasteiger charge is 2.16. The summed E-state index contributed by atoms with van der Waals surface area (Å²) in [4.78, 5) is 8.89. The third-order valence-electron chi connectivity index (χ3n) is 2.31. The molecule has 0 spiro atoms. The van der Waals surface area contributed by atoms with Crippen molar-refractivity contribution >= 4 is 5.95 Å². The summed E-state index contributed by atoms with van der Waals surface area (Å²) in [6, 6.07) is 0.377. The lowest BCUT2D eigenvalue weighted by atomic mass is 10.2. The van der Waals surface area contributed by atoms with Crippen LogP contribution in [0.4, 0.5) is 5.95 Å². The Kier molecular flexibility index (Phi) is 2.37. The lowest BCUT2D eigenvalue weighted by molar-refractivity contribution is 0.756. The number of fused-ring (bicyclic) bond motifs is 1. The number of aryl methyl sites for hydroxylation is 1. The second-order valence-electron chi connectivity index (χ2n) is 3.96. The SMILES string of the molecule is Cc1nc(NC(C)C)nc2c1CNC2. The molecule has 0 saturated heterocycles. The highest BCUT2D eigenvalue weighted by Crippen LogP contribution is 2.17. The van der Waals surface area contributed by atoms with E-state index in [1.54, 1.807) is 0 Å². The van der Waals surface area contributed by atoms with Crippen LogP contribution in [-0.4, -0.2) is 16.0 Å². The molecule has 2 N–H and O–H groups in total. The third kappa shape index (κ3) is 1.70. The summed E-state index contributed by atoms with van der Waals surface area (Å²) >= 11 is 0. The van der Waals surface area contributed by atoms with Gasteiger partial charge in [0.25, 0.3) is 0 Å². The zero-order valence-electron chi connectivity index (χ0n) is 8.89. The molecule has 0 bridgehead atoms. The maximum atomic E-state index is 4.47. The van der Waals surface area contributed by atoms with Crippen LogP contribution in [0.2, 0.25) is 0 Å². The highest BCUT2D eigenvalue weighted by molar-refractivity contribution is 5.36. The van der Waals surface area contributed by atoms with E-state index in [0.29, 0.717) is 6.04 Å². The summed E-state index contributed by atoms with van der Waals surface area (Å²) in [6.45, 7) is 7.99. The van der Waals surface area contributed by atoms with Gasteiger partial charge >= 0.3 is 0 Å². The minimum Gasteiger partial charge on any atom is -0.352 e. The topological polar surface area (TPSA) is 49.8 Å². The van der Waals surface area contributed by atoms with Crippen molar-refractivity contribution in [3.63, 3.8) is 0 Å². The fourth-order valence-corrected chi connectivity index (χ4v) is 1.66. The van der Waals surface area contributed by atoms with E-state index in [4.69, 9.17) is 0 Å². The lowest BCUT2D eigenvalue weighted by Crippen LogP contribution is -2.14. The van der Waals surface area contributed by atoms with Gasteiger partial charge in [0.1, 0.15) is 0 Å². The van der Waals surface area contributed by atoms with Crippen LogP contribution in [-0.2, 0) is 13.1 Å². The minimum atomic E-state index is 0.377. The molecule has 14 heavy (non-hydrogen) atoms. The van der Waals surface area contributed by atoms with Crippen LogP contribution in [0.25, 0.3) is 0 Å². The quantitative estimate of drug-likeness (QED) is 0.739. The van der Waals surface area contributed by atoms with Gasteiger partial charge in [-0.1, -0.05) is 0 Å². The fraction of sp³-hybridized carbons (Fsp3) is 0.600. The van der Waals surface area contributed by atoms with Gasteiger partial charge in [0.05, 0.1) is 5.69 Å². The van der Waals surface area contributed by atoms with Gasteiger partial charge in [-0.25, -0.2) is 9.97 Å². The van der Waals surface area contributed by atoms with Crippen molar-refractivity contribution in [1.29, 1.82) is 0 Å². The maximum Gasteiger partial charge on any atom is 0.223 e. The monoisotopic (exact) mass is 192 g/mol. The average Bonchev–Trinajstić information content (AvgIpc) is 2.50. The first-order valence-corrected chi connectivity index (χ1v) is 5.00. The van der Waals surface area contributed by atoms with E-state index in [0.717, 1.165) is 30.4 Å². The Bertz CT molecular complexity index is 346. The summed E-state index contributed by atoms with van der Waals surface area (Å²) in [7, 11) is 0. The van der Waals surface area contributed by atoms with Gasteiger partial charge in [-0.2, -0.15) is 0 Å². The average molecular weight is 192 g/mol. The number of hydrogen-bond acceptors (Lipinski definition) is 4. The van der Waals surface area contributed by atoms with Crippen LogP contribution in [0.15, 0.2) is 0 Å². The van der Waals surface area contributed by atoms with E-state index in [2.05, 4.69) is 34.4 Å². The van der Waals surface area contributed by atoms with Crippen LogP contribution in [0.1, 0.15) is 30.8 Å². The van der Waals surface area contributed by atoms with Gasteiger partial charge in [0.2, 0.25) is 5.95 Å². The Morgan fingerprint density at radius 3 is 2.79 bits per heavy atom. The smallest absolute Gasteiger partial charge is 0.223 e. The molecule has 4 heteroatoms. The standard InChI is InChI=1S/C10H16N4/c1-6(2)12-10-13-7(3)8-4-11-5-9(8)14-10/h6,11H,4-5H2,1-3H3,(H,12,13,14). The van der Waals surface area contributed by atoms with Crippen molar-refractivity contribution in [3.05, 3.63) is 17.0 Å². The van der Waals surface area contributed by atoms with Crippen molar-refractivity contribution in [1.82, 2.24) is 15.3 Å². The molecule has 0 radical (unpaired) electrons. The molecule has 1 aromatic heterocycles. The second-order valence-corrected chi connectivity index (χ2v) is 3.96. The van der Waals surface area contributed by atoms with E-state index in [1.165, 1.54) is 5.56 Å². The van der Waals surface area contributed by atoms with E-state index >= 15 is 0 Å². The maximum absolute atomic E-state index is 4.47. The van der Waals surface area contributed by atoms with E-state index in [1.807, 2.05) is 6.92 Å². The molecule has 0 amide bonds. The molecule has 0 fully saturated rings. The Morgan fingerprint density at radius 2 is 2.07 bits per heavy atom. The summed E-state index contributed by atoms with van der Waals surface area (Å²) < 4.78 is 0. The first-order valence-electron chi connectivity index (χ1n) is 5.00. The first-order chi connectivity index (χ1) is 6.66. The molecule has 0 aliphatic carbocycles. The molecule has 0 aromatic carbocycles. The van der Waals surface area contributed by atoms with Crippen molar-refractivity contribution in [3.8, 4) is 0 Å². The Balaban J connectivity index is 2.32. The van der Waals surface area contributed by atoms with Crippen molar-refractivity contribution in [2.45, 2.75) is 39.9 Å². The largest absolute Gasteiger partial charge is 0.352 e. The number of rotatable bonds is 2. The highest BCUT2D eigenvalue weighted by atomic mass is 15.1. The van der Waals surface area contributed by atoms with Crippen LogP contribution >= 0.6 is 0 Å². The molecule has 0 unspecified atom stereocenters. The molecule has 0 atom stereocenters. The fourth-order valence-electron chi connectivity index (χ4n) is 1.66. The molecule has 4 nitrogen and oxygen atoms in total. The Morgan fingerprint density at radius 1 is 1.29 bits per heavy atom. The van der Waals surface area contributed by atoms with Crippen LogP contribution in [0, 0.1) is 6.92 Å². The van der Waals surface area contributed by atoms with Crippen LogP contribution < -0.4 is 10.6 Å². The molecule has 76 valence electrons. The summed E-state index contributed by atoms with van der Waals surface area (Å²) in [5.41, 5.74) is 3.49. The zero-order valence-corrected chi connectivity index (χ0v) is 8.89. The van der Waals surface area contributed by atoms with Crippen LogP contribution in [0.3, 0.4) is 0 Å². The van der Waals surface area contributed by atoms with Crippen LogP contribution in [0.5, 0.6) is 0 Å². The second kappa shape index (κ2) is 3.53. The first kappa shape index (κ1) is 9.40. The molecule has 2 rings (SSSR count). The van der Waals surface area contributed by atoms with Gasteiger partial charge in [-0.05, 0) is 20.8 Å². The number of hydrogen-bond donors (Lipinski definition) is 2. The predicted molar refractivity (Wildman–Crippen MR) is 56.1 cm³/mol. The molecule has 1 aromatic rings. The molecular formula is C10H16N4. The lowest BCUT2D eigenvalue weighted by Gasteiger charge is -2.10. The molecule has 1 aliphatic heterocycles. The van der Waals surface area contributed by atoms with Crippen molar-refractivity contribution in [2.75, 3.05) is 5.32 Å². The van der Waals surface area contributed by atoms with Crippen molar-refractivity contribution < 1.29 is 0 Å². The normalized spacial score (nSPS) is 14.6. The molecule has 1 aliphatic rings. The summed E-state index contributed by atoms with van der Waals surface area (Å²) in [6.07, 6.45) is 0. The van der Waals surface area contributed by atoms with E-state index in [9.17, 15) is 0 Å². The van der Waals surface area contributed by atoms with Gasteiger partial charge in [-0.3, -0.25) is 0 Å². The minimum absolute atomic E-state index is 0.377. The van der Waals surface area contributed by atoms with E-state index in [-0.39, 0.29) is 0 Å². The summed E-state index contributed by atoms with van der Waals surface area (Å²) in [5, 5.41) is 6.50. The molecule has 2 heterocycles. The number of nitrogens with zero attached hydrogens (tertiary/aromatic N) is 2. The zero-order chi connectivity index (χ0) is 10.1. The van der Waals surface area contributed by atoms with Crippen molar-refractivity contribution in [2.24, 2.45) is 0 Å². The molecule has 0 saturated carbocycles. The molecular weight excluding hydrogens is 176 g/mol. The number of aromatic nitrogens is 2.